The van der Waals surface area contributed by atoms with Gasteiger partial charge >= 0.3 is 0 Å². The van der Waals surface area contributed by atoms with Crippen molar-refractivity contribution in [1.82, 2.24) is 9.78 Å². The molecule has 1 fully saturated rings. The minimum atomic E-state index is 0.0367. The third-order valence-corrected chi connectivity index (χ3v) is 4.32. The molecule has 1 aliphatic rings. The summed E-state index contributed by atoms with van der Waals surface area (Å²) in [7, 11) is 0. The van der Waals surface area contributed by atoms with Gasteiger partial charge in [-0.05, 0) is 32.3 Å². The van der Waals surface area contributed by atoms with Gasteiger partial charge in [-0.25, -0.2) is 0 Å². The number of hydrogen-bond acceptors (Lipinski definition) is 3. The molecule has 20 heavy (non-hydrogen) atoms. The molecule has 0 bridgehead atoms. The van der Waals surface area contributed by atoms with E-state index in [1.54, 1.807) is 0 Å². The summed E-state index contributed by atoms with van der Waals surface area (Å²) in [6, 6.07) is 2.75. The van der Waals surface area contributed by atoms with Crippen molar-refractivity contribution < 1.29 is 4.74 Å². The molecule has 2 rings (SSSR count). The monoisotopic (exact) mass is 279 g/mol. The Kier molecular flexibility index (Phi) is 6.05. The first kappa shape index (κ1) is 15.5. The molecular formula is C16H29N3O. The molecule has 2 N–H and O–H groups in total. The van der Waals surface area contributed by atoms with E-state index in [0.717, 1.165) is 25.1 Å². The fourth-order valence-electron chi connectivity index (χ4n) is 3.17. The van der Waals surface area contributed by atoms with Crippen LogP contribution in [0.15, 0.2) is 12.3 Å². The minimum Gasteiger partial charge on any atom is -0.377 e. The van der Waals surface area contributed by atoms with E-state index in [1.807, 2.05) is 6.92 Å². The highest BCUT2D eigenvalue weighted by atomic mass is 16.5. The molecule has 0 amide bonds. The van der Waals surface area contributed by atoms with Gasteiger partial charge in [0.15, 0.2) is 0 Å². The molecule has 1 aliphatic carbocycles. The second-order valence-electron chi connectivity index (χ2n) is 5.85. The quantitative estimate of drug-likeness (QED) is 0.834. The van der Waals surface area contributed by atoms with E-state index in [1.165, 1.54) is 32.1 Å². The zero-order valence-corrected chi connectivity index (χ0v) is 12.9. The summed E-state index contributed by atoms with van der Waals surface area (Å²) >= 11 is 0. The van der Waals surface area contributed by atoms with Gasteiger partial charge in [-0.2, -0.15) is 5.10 Å². The highest BCUT2D eigenvalue weighted by molar-refractivity contribution is 5.03. The summed E-state index contributed by atoms with van der Waals surface area (Å²) in [5, 5.41) is 4.73. The summed E-state index contributed by atoms with van der Waals surface area (Å²) in [6.07, 6.45) is 10.6. The lowest BCUT2D eigenvalue weighted by Gasteiger charge is -2.23. The molecule has 4 nitrogen and oxygen atoms in total. The van der Waals surface area contributed by atoms with Crippen molar-refractivity contribution in [2.24, 2.45) is 5.73 Å². The van der Waals surface area contributed by atoms with Gasteiger partial charge in [0, 0.05) is 25.3 Å². The molecule has 0 spiro atoms. The number of nitrogens with two attached hydrogens (primary N) is 1. The van der Waals surface area contributed by atoms with Crippen LogP contribution >= 0.6 is 0 Å². The lowest BCUT2D eigenvalue weighted by atomic mass is 9.96. The molecule has 114 valence electrons. The molecule has 0 saturated heterocycles. The summed E-state index contributed by atoms with van der Waals surface area (Å²) in [4.78, 5) is 0. The fourth-order valence-corrected chi connectivity index (χ4v) is 3.17. The van der Waals surface area contributed by atoms with Crippen molar-refractivity contribution in [3.05, 3.63) is 18.0 Å². The van der Waals surface area contributed by atoms with Gasteiger partial charge < -0.3 is 10.5 Å². The summed E-state index contributed by atoms with van der Waals surface area (Å²) in [5.74, 6) is 0. The maximum atomic E-state index is 6.26. The second kappa shape index (κ2) is 7.79. The maximum Gasteiger partial charge on any atom is 0.0727 e. The molecule has 1 aromatic rings. The topological polar surface area (TPSA) is 53.1 Å². The van der Waals surface area contributed by atoms with Crippen molar-refractivity contribution in [1.29, 1.82) is 0 Å². The normalized spacial score (nSPS) is 19.9. The largest absolute Gasteiger partial charge is 0.377 e. The SMILES string of the molecule is CCOC(CC)C(N)Cc1ccn(C2CCCCC2)n1. The molecule has 1 aromatic heterocycles. The highest BCUT2D eigenvalue weighted by Gasteiger charge is 2.19. The van der Waals surface area contributed by atoms with Crippen molar-refractivity contribution in [3.63, 3.8) is 0 Å². The average molecular weight is 279 g/mol. The van der Waals surface area contributed by atoms with Crippen molar-refractivity contribution in [3.8, 4) is 0 Å². The molecule has 1 saturated carbocycles. The first-order chi connectivity index (χ1) is 9.74. The summed E-state index contributed by atoms with van der Waals surface area (Å²) < 4.78 is 7.84. The van der Waals surface area contributed by atoms with Crippen LogP contribution in [0, 0.1) is 0 Å². The van der Waals surface area contributed by atoms with Gasteiger partial charge in [0.05, 0.1) is 17.8 Å². The van der Waals surface area contributed by atoms with Crippen LogP contribution in [0.2, 0.25) is 0 Å². The summed E-state index contributed by atoms with van der Waals surface area (Å²) in [6.45, 7) is 4.87. The Labute approximate surface area is 122 Å². The third kappa shape index (κ3) is 4.06. The molecule has 2 unspecified atom stereocenters. The molecular weight excluding hydrogens is 250 g/mol. The third-order valence-electron chi connectivity index (χ3n) is 4.32. The zero-order chi connectivity index (χ0) is 14.4. The predicted octanol–water partition coefficient (Wildman–Crippen LogP) is 3.07. The first-order valence-corrected chi connectivity index (χ1v) is 8.15. The van der Waals surface area contributed by atoms with E-state index in [9.17, 15) is 0 Å². The Hall–Kier alpha value is -0.870. The predicted molar refractivity (Wildman–Crippen MR) is 81.7 cm³/mol. The highest BCUT2D eigenvalue weighted by Crippen LogP contribution is 2.27. The molecule has 0 radical (unpaired) electrons. The van der Waals surface area contributed by atoms with E-state index >= 15 is 0 Å². The van der Waals surface area contributed by atoms with Gasteiger partial charge in [0.25, 0.3) is 0 Å². The van der Waals surface area contributed by atoms with Gasteiger partial charge in [-0.1, -0.05) is 26.2 Å². The number of rotatable bonds is 7. The van der Waals surface area contributed by atoms with Gasteiger partial charge in [-0.3, -0.25) is 4.68 Å². The van der Waals surface area contributed by atoms with Crippen LogP contribution in [0.3, 0.4) is 0 Å². The minimum absolute atomic E-state index is 0.0367. The molecule has 2 atom stereocenters. The van der Waals surface area contributed by atoms with Crippen LogP contribution in [0.1, 0.15) is 64.1 Å². The molecule has 0 aliphatic heterocycles. The molecule has 4 heteroatoms. The number of ether oxygens (including phenoxy) is 1. The fraction of sp³-hybridized carbons (Fsp3) is 0.812. The van der Waals surface area contributed by atoms with Crippen molar-refractivity contribution in [2.75, 3.05) is 6.61 Å². The number of aromatic nitrogens is 2. The Bertz CT molecular complexity index is 385. The Balaban J connectivity index is 1.91. The number of hydrogen-bond donors (Lipinski definition) is 1. The summed E-state index contributed by atoms with van der Waals surface area (Å²) in [5.41, 5.74) is 7.36. The second-order valence-corrected chi connectivity index (χ2v) is 5.85. The smallest absolute Gasteiger partial charge is 0.0727 e. The lowest BCUT2D eigenvalue weighted by molar-refractivity contribution is 0.0415. The number of nitrogens with zero attached hydrogens (tertiary/aromatic N) is 2. The Morgan fingerprint density at radius 1 is 1.35 bits per heavy atom. The van der Waals surface area contributed by atoms with Gasteiger partial charge in [0.1, 0.15) is 0 Å². The lowest BCUT2D eigenvalue weighted by Crippen LogP contribution is -2.38. The Morgan fingerprint density at radius 3 is 2.75 bits per heavy atom. The van der Waals surface area contributed by atoms with Crippen LogP contribution in [0.25, 0.3) is 0 Å². The van der Waals surface area contributed by atoms with Crippen LogP contribution in [0.4, 0.5) is 0 Å². The van der Waals surface area contributed by atoms with Crippen molar-refractivity contribution >= 4 is 0 Å². The molecule has 1 heterocycles. The van der Waals surface area contributed by atoms with Crippen LogP contribution in [-0.4, -0.2) is 28.5 Å². The maximum absolute atomic E-state index is 6.26. The Morgan fingerprint density at radius 2 is 2.10 bits per heavy atom. The van der Waals surface area contributed by atoms with Crippen LogP contribution in [0.5, 0.6) is 0 Å². The molecule has 0 aromatic carbocycles. The standard InChI is InChI=1S/C16H29N3O/c1-3-16(20-4-2)15(17)12-13-10-11-19(18-13)14-8-6-5-7-9-14/h10-11,14-16H,3-9,12,17H2,1-2H3. The van der Waals surface area contributed by atoms with E-state index < -0.39 is 0 Å². The zero-order valence-electron chi connectivity index (χ0n) is 12.9. The first-order valence-electron chi connectivity index (χ1n) is 8.15. The van der Waals surface area contributed by atoms with E-state index in [0.29, 0.717) is 6.04 Å². The van der Waals surface area contributed by atoms with Crippen LogP contribution in [-0.2, 0) is 11.2 Å². The van der Waals surface area contributed by atoms with Gasteiger partial charge in [-0.15, -0.1) is 0 Å². The average Bonchev–Trinajstić information content (AvgIpc) is 2.94. The van der Waals surface area contributed by atoms with Gasteiger partial charge in [0.2, 0.25) is 0 Å². The van der Waals surface area contributed by atoms with Crippen LogP contribution < -0.4 is 5.73 Å². The van der Waals surface area contributed by atoms with E-state index in [2.05, 4.69) is 23.9 Å². The van der Waals surface area contributed by atoms with E-state index in [-0.39, 0.29) is 12.1 Å². The van der Waals surface area contributed by atoms with E-state index in [4.69, 9.17) is 15.6 Å². The van der Waals surface area contributed by atoms with Crippen molar-refractivity contribution in [2.45, 2.75) is 77.0 Å².